The SMILES string of the molecule is CC(C)c1cc(=O)n2cccc(O)c2n1. The Labute approximate surface area is 86.8 Å². The minimum Gasteiger partial charge on any atom is -0.504 e. The summed E-state index contributed by atoms with van der Waals surface area (Å²) in [7, 11) is 0. The number of hydrogen-bond donors (Lipinski definition) is 1. The maximum Gasteiger partial charge on any atom is 0.258 e. The normalized spacial score (nSPS) is 11.1. The molecule has 4 heteroatoms. The molecule has 15 heavy (non-hydrogen) atoms. The molecule has 0 aliphatic rings. The smallest absolute Gasteiger partial charge is 0.258 e. The molecule has 2 heterocycles. The summed E-state index contributed by atoms with van der Waals surface area (Å²) in [5.41, 5.74) is 0.842. The van der Waals surface area contributed by atoms with Gasteiger partial charge >= 0.3 is 0 Å². The van der Waals surface area contributed by atoms with Crippen LogP contribution in [0, 0.1) is 0 Å². The van der Waals surface area contributed by atoms with E-state index in [-0.39, 0.29) is 17.2 Å². The van der Waals surface area contributed by atoms with Gasteiger partial charge in [0.15, 0.2) is 11.4 Å². The van der Waals surface area contributed by atoms with Gasteiger partial charge < -0.3 is 5.11 Å². The Bertz CT molecular complexity index is 558. The van der Waals surface area contributed by atoms with Gasteiger partial charge in [0.1, 0.15) is 0 Å². The first-order valence-corrected chi connectivity index (χ1v) is 4.81. The van der Waals surface area contributed by atoms with E-state index in [1.54, 1.807) is 12.3 Å². The first-order chi connectivity index (χ1) is 7.09. The van der Waals surface area contributed by atoms with E-state index in [0.717, 1.165) is 0 Å². The predicted molar refractivity (Wildman–Crippen MR) is 57.2 cm³/mol. The van der Waals surface area contributed by atoms with E-state index in [2.05, 4.69) is 4.98 Å². The van der Waals surface area contributed by atoms with Crippen LogP contribution < -0.4 is 5.56 Å². The summed E-state index contributed by atoms with van der Waals surface area (Å²) in [6.45, 7) is 3.91. The summed E-state index contributed by atoms with van der Waals surface area (Å²) >= 11 is 0. The molecule has 2 rings (SSSR count). The lowest BCUT2D eigenvalue weighted by molar-refractivity contribution is 0.476. The molecule has 0 aliphatic carbocycles. The molecule has 0 saturated carbocycles. The number of pyridine rings is 1. The third kappa shape index (κ3) is 1.58. The average Bonchev–Trinajstić information content (AvgIpc) is 2.19. The predicted octanol–water partition coefficient (Wildman–Crippen LogP) is 1.52. The highest BCUT2D eigenvalue weighted by Crippen LogP contribution is 2.16. The third-order valence-electron chi connectivity index (χ3n) is 2.28. The second kappa shape index (κ2) is 3.38. The lowest BCUT2D eigenvalue weighted by Crippen LogP contribution is -2.15. The maximum absolute atomic E-state index is 11.7. The van der Waals surface area contributed by atoms with E-state index >= 15 is 0 Å². The molecule has 2 aromatic rings. The number of rotatable bonds is 1. The van der Waals surface area contributed by atoms with Gasteiger partial charge in [-0.25, -0.2) is 4.98 Å². The molecule has 0 bridgehead atoms. The van der Waals surface area contributed by atoms with Crippen LogP contribution in [0.2, 0.25) is 0 Å². The molecule has 78 valence electrons. The van der Waals surface area contributed by atoms with Crippen LogP contribution in [0.15, 0.2) is 29.2 Å². The van der Waals surface area contributed by atoms with Gasteiger partial charge in [-0.2, -0.15) is 0 Å². The number of aromatic hydroxyl groups is 1. The molecule has 0 aromatic carbocycles. The topological polar surface area (TPSA) is 54.6 Å². The molecule has 0 saturated heterocycles. The van der Waals surface area contributed by atoms with Crippen molar-refractivity contribution >= 4 is 5.65 Å². The van der Waals surface area contributed by atoms with Crippen LogP contribution in [0.3, 0.4) is 0 Å². The zero-order chi connectivity index (χ0) is 11.0. The van der Waals surface area contributed by atoms with Gasteiger partial charge in [0.25, 0.3) is 5.56 Å². The minimum atomic E-state index is -0.167. The first kappa shape index (κ1) is 9.71. The Morgan fingerprint density at radius 3 is 2.87 bits per heavy atom. The van der Waals surface area contributed by atoms with Crippen LogP contribution in [0.5, 0.6) is 5.75 Å². The van der Waals surface area contributed by atoms with Gasteiger partial charge in [-0.05, 0) is 18.1 Å². The van der Waals surface area contributed by atoms with Crippen molar-refractivity contribution in [3.8, 4) is 5.75 Å². The molecule has 0 aliphatic heterocycles. The summed E-state index contributed by atoms with van der Waals surface area (Å²) in [6.07, 6.45) is 1.59. The van der Waals surface area contributed by atoms with Crippen molar-refractivity contribution in [3.63, 3.8) is 0 Å². The highest BCUT2D eigenvalue weighted by atomic mass is 16.3. The maximum atomic E-state index is 11.7. The first-order valence-electron chi connectivity index (χ1n) is 4.81. The summed E-state index contributed by atoms with van der Waals surface area (Å²) < 4.78 is 1.33. The highest BCUT2D eigenvalue weighted by molar-refractivity contribution is 5.52. The Hall–Kier alpha value is -1.84. The van der Waals surface area contributed by atoms with Crippen LogP contribution in [0.25, 0.3) is 5.65 Å². The van der Waals surface area contributed by atoms with E-state index in [4.69, 9.17) is 0 Å². The lowest BCUT2D eigenvalue weighted by Gasteiger charge is -2.07. The molecule has 2 aromatic heterocycles. The van der Waals surface area contributed by atoms with E-state index in [1.807, 2.05) is 13.8 Å². The van der Waals surface area contributed by atoms with Crippen molar-refractivity contribution in [2.45, 2.75) is 19.8 Å². The fourth-order valence-corrected chi connectivity index (χ4v) is 1.42. The second-order valence-electron chi connectivity index (χ2n) is 3.76. The summed E-state index contributed by atoms with van der Waals surface area (Å²) in [5.74, 6) is 0.194. The third-order valence-corrected chi connectivity index (χ3v) is 2.28. The Morgan fingerprint density at radius 1 is 1.47 bits per heavy atom. The molecule has 0 spiro atoms. The van der Waals surface area contributed by atoms with E-state index < -0.39 is 0 Å². The molecule has 0 amide bonds. The van der Waals surface area contributed by atoms with Gasteiger partial charge in [0, 0.05) is 12.3 Å². The van der Waals surface area contributed by atoms with Crippen LogP contribution in [-0.4, -0.2) is 14.5 Å². The van der Waals surface area contributed by atoms with Crippen molar-refractivity contribution < 1.29 is 5.11 Å². The Morgan fingerprint density at radius 2 is 2.20 bits per heavy atom. The zero-order valence-corrected chi connectivity index (χ0v) is 8.64. The van der Waals surface area contributed by atoms with Crippen LogP contribution >= 0.6 is 0 Å². The fraction of sp³-hybridized carbons (Fsp3) is 0.273. The largest absolute Gasteiger partial charge is 0.504 e. The lowest BCUT2D eigenvalue weighted by atomic mass is 10.1. The molecular weight excluding hydrogens is 192 g/mol. The molecule has 4 nitrogen and oxygen atoms in total. The van der Waals surface area contributed by atoms with Crippen molar-refractivity contribution in [3.05, 3.63) is 40.4 Å². The standard InChI is InChI=1S/C11H12N2O2/c1-7(2)8-6-10(15)13-5-3-4-9(14)11(13)12-8/h3-7,14H,1-2H3. The average molecular weight is 204 g/mol. The van der Waals surface area contributed by atoms with Gasteiger partial charge in [-0.3, -0.25) is 9.20 Å². The van der Waals surface area contributed by atoms with Gasteiger partial charge in [-0.15, -0.1) is 0 Å². The van der Waals surface area contributed by atoms with Crippen molar-refractivity contribution in [2.24, 2.45) is 0 Å². The molecule has 0 radical (unpaired) electrons. The Kier molecular flexibility index (Phi) is 2.19. The molecular formula is C11H12N2O2. The number of aromatic nitrogens is 2. The number of fused-ring (bicyclic) bond motifs is 1. The zero-order valence-electron chi connectivity index (χ0n) is 8.64. The molecule has 0 unspecified atom stereocenters. The van der Waals surface area contributed by atoms with Crippen LogP contribution in [0.1, 0.15) is 25.5 Å². The summed E-state index contributed by atoms with van der Waals surface area (Å²) in [4.78, 5) is 15.9. The van der Waals surface area contributed by atoms with Gasteiger partial charge in [0.05, 0.1) is 5.69 Å². The van der Waals surface area contributed by atoms with E-state index in [1.165, 1.54) is 16.5 Å². The van der Waals surface area contributed by atoms with Crippen molar-refractivity contribution in [1.29, 1.82) is 0 Å². The van der Waals surface area contributed by atoms with E-state index in [9.17, 15) is 9.90 Å². The van der Waals surface area contributed by atoms with Crippen LogP contribution in [-0.2, 0) is 0 Å². The summed E-state index contributed by atoms with van der Waals surface area (Å²) in [6, 6.07) is 4.63. The monoisotopic (exact) mass is 204 g/mol. The van der Waals surface area contributed by atoms with E-state index in [0.29, 0.717) is 11.3 Å². The fourth-order valence-electron chi connectivity index (χ4n) is 1.42. The minimum absolute atomic E-state index is 0.0251. The highest BCUT2D eigenvalue weighted by Gasteiger charge is 2.07. The number of nitrogens with zero attached hydrogens (tertiary/aromatic N) is 2. The van der Waals surface area contributed by atoms with Gasteiger partial charge in [-0.1, -0.05) is 13.8 Å². The molecule has 0 fully saturated rings. The molecule has 1 N–H and O–H groups in total. The molecule has 0 atom stereocenters. The van der Waals surface area contributed by atoms with Crippen molar-refractivity contribution in [2.75, 3.05) is 0 Å². The number of hydrogen-bond acceptors (Lipinski definition) is 3. The second-order valence-corrected chi connectivity index (χ2v) is 3.76. The Balaban J connectivity index is 2.86. The van der Waals surface area contributed by atoms with Crippen LogP contribution in [0.4, 0.5) is 0 Å². The van der Waals surface area contributed by atoms with Gasteiger partial charge in [0.2, 0.25) is 0 Å². The summed E-state index contributed by atoms with van der Waals surface area (Å²) in [5, 5.41) is 9.58. The quantitative estimate of drug-likeness (QED) is 0.766. The van der Waals surface area contributed by atoms with Crippen molar-refractivity contribution in [1.82, 2.24) is 9.38 Å².